The van der Waals surface area contributed by atoms with Crippen LogP contribution in [0.4, 0.5) is 0 Å². The van der Waals surface area contributed by atoms with Crippen LogP contribution in [0.3, 0.4) is 0 Å². The third-order valence-corrected chi connectivity index (χ3v) is 4.40. The number of carbonyl (C=O) groups is 2. The average Bonchev–Trinajstić information content (AvgIpc) is 2.60. The molecule has 25 heavy (non-hydrogen) atoms. The van der Waals surface area contributed by atoms with Crippen molar-refractivity contribution in [2.24, 2.45) is 5.92 Å². The summed E-state index contributed by atoms with van der Waals surface area (Å²) in [6, 6.07) is 7.13. The van der Waals surface area contributed by atoms with Gasteiger partial charge in [-0.15, -0.1) is 0 Å². The lowest BCUT2D eigenvalue weighted by atomic mass is 10.1. The van der Waals surface area contributed by atoms with Crippen molar-refractivity contribution in [1.82, 2.24) is 9.80 Å². The number of nitrogens with zero attached hydrogens (tertiary/aromatic N) is 2. The van der Waals surface area contributed by atoms with Crippen LogP contribution in [0, 0.1) is 5.92 Å². The minimum atomic E-state index is 0.00911. The number of ketones is 1. The van der Waals surface area contributed by atoms with E-state index in [2.05, 4.69) is 18.7 Å². The SMILES string of the molecule is CCOc1ccc(C(=O)CCC(=O)N2CCN(CC(C)C)CC2)cc1. The van der Waals surface area contributed by atoms with Crippen LogP contribution in [0.5, 0.6) is 5.75 Å². The predicted octanol–water partition coefficient (Wildman–Crippen LogP) is 2.85. The summed E-state index contributed by atoms with van der Waals surface area (Å²) >= 11 is 0. The highest BCUT2D eigenvalue weighted by atomic mass is 16.5. The largest absolute Gasteiger partial charge is 0.494 e. The van der Waals surface area contributed by atoms with E-state index in [1.165, 1.54) is 0 Å². The Morgan fingerprint density at radius 1 is 1.04 bits per heavy atom. The van der Waals surface area contributed by atoms with Crippen LogP contribution in [0.25, 0.3) is 0 Å². The van der Waals surface area contributed by atoms with E-state index in [9.17, 15) is 9.59 Å². The summed E-state index contributed by atoms with van der Waals surface area (Å²) in [5.41, 5.74) is 0.637. The third kappa shape index (κ3) is 6.16. The molecule has 0 saturated carbocycles. The van der Waals surface area contributed by atoms with Gasteiger partial charge in [0.15, 0.2) is 5.78 Å². The minimum absolute atomic E-state index is 0.00911. The van der Waals surface area contributed by atoms with Crippen molar-refractivity contribution >= 4 is 11.7 Å². The summed E-state index contributed by atoms with van der Waals surface area (Å²) in [5, 5.41) is 0. The fourth-order valence-electron chi connectivity index (χ4n) is 3.12. The molecule has 2 rings (SSSR count). The zero-order chi connectivity index (χ0) is 18.2. The number of hydrogen-bond donors (Lipinski definition) is 0. The number of piperazine rings is 1. The maximum absolute atomic E-state index is 12.3. The first-order valence-corrected chi connectivity index (χ1v) is 9.25. The number of Topliss-reactive ketones (excluding diaryl/α,β-unsaturated/α-hetero) is 1. The Labute approximate surface area is 150 Å². The van der Waals surface area contributed by atoms with Gasteiger partial charge in [0, 0.05) is 51.1 Å². The van der Waals surface area contributed by atoms with Crippen LogP contribution >= 0.6 is 0 Å². The van der Waals surface area contributed by atoms with Gasteiger partial charge in [0.2, 0.25) is 5.91 Å². The zero-order valence-corrected chi connectivity index (χ0v) is 15.7. The van der Waals surface area contributed by atoms with Gasteiger partial charge in [0.1, 0.15) is 5.75 Å². The molecule has 1 fully saturated rings. The molecule has 1 aromatic rings. The zero-order valence-electron chi connectivity index (χ0n) is 15.7. The second-order valence-electron chi connectivity index (χ2n) is 6.96. The van der Waals surface area contributed by atoms with E-state index < -0.39 is 0 Å². The number of benzene rings is 1. The van der Waals surface area contributed by atoms with Crippen molar-refractivity contribution in [2.45, 2.75) is 33.6 Å². The van der Waals surface area contributed by atoms with Crippen LogP contribution in [0.1, 0.15) is 44.0 Å². The van der Waals surface area contributed by atoms with Crippen molar-refractivity contribution in [2.75, 3.05) is 39.3 Å². The molecular weight excluding hydrogens is 316 g/mol. The molecule has 0 bridgehead atoms. The molecule has 0 aromatic heterocycles. The molecule has 5 nitrogen and oxygen atoms in total. The molecule has 1 aliphatic heterocycles. The molecule has 0 unspecified atom stereocenters. The summed E-state index contributed by atoms with van der Waals surface area (Å²) in [4.78, 5) is 28.9. The van der Waals surface area contributed by atoms with Crippen molar-refractivity contribution < 1.29 is 14.3 Å². The summed E-state index contributed by atoms with van der Waals surface area (Å²) in [5.74, 6) is 1.50. The Morgan fingerprint density at radius 2 is 1.68 bits per heavy atom. The van der Waals surface area contributed by atoms with Gasteiger partial charge in [-0.25, -0.2) is 0 Å². The van der Waals surface area contributed by atoms with Gasteiger partial charge < -0.3 is 9.64 Å². The molecule has 0 spiro atoms. The van der Waals surface area contributed by atoms with Crippen molar-refractivity contribution in [1.29, 1.82) is 0 Å². The normalized spacial score (nSPS) is 15.4. The monoisotopic (exact) mass is 346 g/mol. The van der Waals surface area contributed by atoms with Gasteiger partial charge in [-0.1, -0.05) is 13.8 Å². The van der Waals surface area contributed by atoms with E-state index in [1.54, 1.807) is 24.3 Å². The fourth-order valence-corrected chi connectivity index (χ4v) is 3.12. The summed E-state index contributed by atoms with van der Waals surface area (Å²) in [7, 11) is 0. The smallest absolute Gasteiger partial charge is 0.223 e. The molecular formula is C20H30N2O3. The van der Waals surface area contributed by atoms with Crippen LogP contribution in [-0.2, 0) is 4.79 Å². The second kappa shape index (κ2) is 9.56. The van der Waals surface area contributed by atoms with E-state index in [0.29, 0.717) is 18.1 Å². The molecule has 1 saturated heterocycles. The molecule has 1 aliphatic rings. The van der Waals surface area contributed by atoms with Crippen LogP contribution in [0.2, 0.25) is 0 Å². The predicted molar refractivity (Wildman–Crippen MR) is 99.0 cm³/mol. The lowest BCUT2D eigenvalue weighted by Gasteiger charge is -2.35. The number of ether oxygens (including phenoxy) is 1. The quantitative estimate of drug-likeness (QED) is 0.679. The van der Waals surface area contributed by atoms with E-state index in [1.807, 2.05) is 11.8 Å². The molecule has 0 atom stereocenters. The Hall–Kier alpha value is -1.88. The van der Waals surface area contributed by atoms with Gasteiger partial charge >= 0.3 is 0 Å². The standard InChI is InChI=1S/C20H30N2O3/c1-4-25-18-7-5-17(6-8-18)19(23)9-10-20(24)22-13-11-21(12-14-22)15-16(2)3/h5-8,16H,4,9-15H2,1-3H3. The van der Waals surface area contributed by atoms with E-state index in [0.717, 1.165) is 38.5 Å². The first-order chi connectivity index (χ1) is 12.0. The second-order valence-corrected chi connectivity index (χ2v) is 6.96. The lowest BCUT2D eigenvalue weighted by molar-refractivity contribution is -0.132. The Kier molecular flexibility index (Phi) is 7.44. The number of hydrogen-bond acceptors (Lipinski definition) is 4. The summed E-state index contributed by atoms with van der Waals surface area (Å²) in [6.07, 6.45) is 0.551. The highest BCUT2D eigenvalue weighted by Crippen LogP contribution is 2.15. The molecule has 0 radical (unpaired) electrons. The maximum atomic E-state index is 12.3. The molecule has 138 valence electrons. The van der Waals surface area contributed by atoms with Gasteiger partial charge in [0.25, 0.3) is 0 Å². The van der Waals surface area contributed by atoms with Crippen LogP contribution < -0.4 is 4.74 Å². The molecule has 5 heteroatoms. The Morgan fingerprint density at radius 3 is 2.24 bits per heavy atom. The highest BCUT2D eigenvalue weighted by molar-refractivity contribution is 5.98. The lowest BCUT2D eigenvalue weighted by Crippen LogP contribution is -2.49. The van der Waals surface area contributed by atoms with E-state index >= 15 is 0 Å². The number of carbonyl (C=O) groups excluding carboxylic acids is 2. The van der Waals surface area contributed by atoms with E-state index in [4.69, 9.17) is 4.74 Å². The molecule has 0 N–H and O–H groups in total. The summed E-state index contributed by atoms with van der Waals surface area (Å²) in [6.45, 7) is 11.4. The van der Waals surface area contributed by atoms with Crippen LogP contribution in [-0.4, -0.2) is 60.8 Å². The van der Waals surface area contributed by atoms with Crippen molar-refractivity contribution in [3.8, 4) is 5.75 Å². The fraction of sp³-hybridized carbons (Fsp3) is 0.600. The molecule has 1 amide bonds. The number of rotatable bonds is 8. The topological polar surface area (TPSA) is 49.9 Å². The Balaban J connectivity index is 1.75. The number of amides is 1. The van der Waals surface area contributed by atoms with Crippen molar-refractivity contribution in [3.63, 3.8) is 0 Å². The van der Waals surface area contributed by atoms with E-state index in [-0.39, 0.29) is 24.5 Å². The van der Waals surface area contributed by atoms with Gasteiger partial charge in [0.05, 0.1) is 6.61 Å². The van der Waals surface area contributed by atoms with Crippen molar-refractivity contribution in [3.05, 3.63) is 29.8 Å². The highest BCUT2D eigenvalue weighted by Gasteiger charge is 2.21. The average molecular weight is 346 g/mol. The maximum Gasteiger partial charge on any atom is 0.223 e. The third-order valence-electron chi connectivity index (χ3n) is 4.40. The van der Waals surface area contributed by atoms with Gasteiger partial charge in [-0.05, 0) is 37.1 Å². The molecule has 1 heterocycles. The minimum Gasteiger partial charge on any atom is -0.494 e. The first kappa shape index (κ1) is 19.4. The van der Waals surface area contributed by atoms with Gasteiger partial charge in [-0.3, -0.25) is 14.5 Å². The molecule has 1 aromatic carbocycles. The summed E-state index contributed by atoms with van der Waals surface area (Å²) < 4.78 is 5.37. The van der Waals surface area contributed by atoms with Gasteiger partial charge in [-0.2, -0.15) is 0 Å². The molecule has 0 aliphatic carbocycles. The first-order valence-electron chi connectivity index (χ1n) is 9.25. The Bertz CT molecular complexity index is 561. The van der Waals surface area contributed by atoms with Crippen LogP contribution in [0.15, 0.2) is 24.3 Å².